The molecule has 0 aliphatic heterocycles. The third kappa shape index (κ3) is 3.32. The van der Waals surface area contributed by atoms with Crippen molar-refractivity contribution < 1.29 is 28.6 Å². The fourth-order valence-corrected chi connectivity index (χ4v) is 2.68. The third-order valence-corrected chi connectivity index (χ3v) is 4.07. The van der Waals surface area contributed by atoms with E-state index >= 15 is 0 Å². The summed E-state index contributed by atoms with van der Waals surface area (Å²) in [5, 5.41) is 19.5. The van der Waals surface area contributed by atoms with Crippen molar-refractivity contribution in [2.75, 3.05) is 0 Å². The summed E-state index contributed by atoms with van der Waals surface area (Å²) in [6.45, 7) is 6.04. The highest BCUT2D eigenvalue weighted by Crippen LogP contribution is 2.47. The van der Waals surface area contributed by atoms with Crippen LogP contribution in [0.2, 0.25) is 0 Å². The summed E-state index contributed by atoms with van der Waals surface area (Å²) in [6.07, 6.45) is 0.407. The molecule has 6 heteroatoms. The Hall–Kier alpha value is -1.82. The monoisotopic (exact) mass is 314 g/mol. The van der Waals surface area contributed by atoms with Gasteiger partial charge in [-0.25, -0.2) is 13.6 Å². The largest absolute Gasteiger partial charge is 0.478 e. The van der Waals surface area contributed by atoms with Crippen LogP contribution in [0.5, 0.6) is 0 Å². The first-order chi connectivity index (χ1) is 9.92. The molecule has 122 valence electrons. The van der Waals surface area contributed by atoms with Crippen molar-refractivity contribution >= 4 is 11.8 Å². The van der Waals surface area contributed by atoms with Gasteiger partial charge in [-0.05, 0) is 31.1 Å². The van der Waals surface area contributed by atoms with Crippen LogP contribution >= 0.6 is 0 Å². The molecule has 4 nitrogen and oxygen atoms in total. The summed E-state index contributed by atoms with van der Waals surface area (Å²) in [4.78, 5) is 22.5. The first-order valence-electron chi connectivity index (χ1n) is 6.78. The minimum Gasteiger partial charge on any atom is -0.478 e. The van der Waals surface area contributed by atoms with Crippen molar-refractivity contribution in [3.8, 4) is 0 Å². The van der Waals surface area contributed by atoms with Crippen LogP contribution < -0.4 is 0 Å². The number of rotatable bonds is 4. The van der Waals surface area contributed by atoms with Gasteiger partial charge in [-0.2, -0.15) is 0 Å². The molecule has 0 spiro atoms. The van der Waals surface area contributed by atoms with Crippen LogP contribution in [0.4, 0.5) is 8.78 Å². The van der Waals surface area contributed by atoms with E-state index in [4.69, 9.17) is 5.11 Å². The van der Waals surface area contributed by atoms with Crippen molar-refractivity contribution in [1.82, 2.24) is 0 Å². The number of carbonyl (C=O) groups excluding carboxylic acids is 1. The van der Waals surface area contributed by atoms with E-state index in [1.807, 2.05) is 0 Å². The Bertz CT molecular complexity index is 585. The molecule has 22 heavy (non-hydrogen) atoms. The van der Waals surface area contributed by atoms with E-state index in [2.05, 4.69) is 0 Å². The third-order valence-electron chi connectivity index (χ3n) is 4.07. The highest BCUT2D eigenvalue weighted by atomic mass is 19.3. The first-order valence-corrected chi connectivity index (χ1v) is 6.78. The summed E-state index contributed by atoms with van der Waals surface area (Å²) in [5.74, 6) is -1.82. The van der Waals surface area contributed by atoms with Gasteiger partial charge in [-0.3, -0.25) is 4.79 Å². The Kier molecular flexibility index (Phi) is 5.07. The van der Waals surface area contributed by atoms with Crippen molar-refractivity contribution in [1.29, 1.82) is 0 Å². The average molecular weight is 314 g/mol. The van der Waals surface area contributed by atoms with Gasteiger partial charge in [0, 0.05) is 17.9 Å². The lowest BCUT2D eigenvalue weighted by atomic mass is 9.62. The first kappa shape index (κ1) is 18.2. The fraction of sp³-hybridized carbons (Fsp3) is 0.500. The molecule has 1 atom stereocenters. The van der Waals surface area contributed by atoms with Gasteiger partial charge in [-0.1, -0.05) is 19.9 Å². The van der Waals surface area contributed by atoms with Gasteiger partial charge in [0.2, 0.25) is 0 Å². The number of alkyl halides is 2. The van der Waals surface area contributed by atoms with Gasteiger partial charge >= 0.3 is 5.97 Å². The molecule has 0 aromatic heterocycles. The van der Waals surface area contributed by atoms with Crippen molar-refractivity contribution in [3.05, 3.63) is 34.9 Å². The van der Waals surface area contributed by atoms with Gasteiger partial charge < -0.3 is 10.2 Å². The van der Waals surface area contributed by atoms with Crippen LogP contribution in [0.25, 0.3) is 0 Å². The molecule has 2 N–H and O–H groups in total. The van der Waals surface area contributed by atoms with Crippen LogP contribution in [-0.2, 0) is 9.59 Å². The number of Topliss-reactive ketones (excluding diaryl/α,β-unsaturated/α-hetero) is 1. The molecule has 0 saturated carbocycles. The number of halogens is 2. The zero-order valence-electron chi connectivity index (χ0n) is 13.0. The van der Waals surface area contributed by atoms with E-state index in [0.717, 1.165) is 6.08 Å². The Morgan fingerprint density at radius 3 is 2.36 bits per heavy atom. The molecule has 0 heterocycles. The molecule has 0 aromatic carbocycles. The number of ketones is 1. The number of carboxylic acid groups (broad SMARTS) is 1. The molecule has 0 fully saturated rings. The van der Waals surface area contributed by atoms with E-state index in [0.29, 0.717) is 5.57 Å². The normalized spacial score (nSPS) is 26.2. The average Bonchev–Trinajstić information content (AvgIpc) is 2.32. The zero-order valence-corrected chi connectivity index (χ0v) is 13.0. The van der Waals surface area contributed by atoms with Crippen molar-refractivity contribution in [2.45, 2.75) is 46.1 Å². The summed E-state index contributed by atoms with van der Waals surface area (Å²) < 4.78 is 26.2. The van der Waals surface area contributed by atoms with Gasteiger partial charge in [0.15, 0.2) is 5.78 Å². The number of carboxylic acids is 1. The second-order valence-electron chi connectivity index (χ2n) is 6.15. The molecule has 0 saturated heterocycles. The van der Waals surface area contributed by atoms with Crippen LogP contribution in [0, 0.1) is 5.41 Å². The van der Waals surface area contributed by atoms with E-state index in [1.165, 1.54) is 26.0 Å². The number of hydrogen-bond donors (Lipinski definition) is 2. The second-order valence-corrected chi connectivity index (χ2v) is 6.15. The van der Waals surface area contributed by atoms with Gasteiger partial charge in [-0.15, -0.1) is 0 Å². The standard InChI is InChI=1S/C16H20F2O4/c1-9(7-12(20)21)5-6-16(22)10(2)13(14(17)18)11(19)8-15(16,3)4/h5-7,14,22H,8H2,1-4H3,(H,20,21)/b6-5+,9-7-. The molecule has 0 aromatic rings. The topological polar surface area (TPSA) is 74.6 Å². The SMILES string of the molecule is CC1=C(C(F)F)C(=O)CC(C)(C)C1(O)/C=C/C(C)=C\C(=O)O. The second kappa shape index (κ2) is 6.12. The molecule has 0 radical (unpaired) electrons. The van der Waals surface area contributed by atoms with E-state index in [9.17, 15) is 23.5 Å². The van der Waals surface area contributed by atoms with Crippen LogP contribution in [0.1, 0.15) is 34.1 Å². The summed E-state index contributed by atoms with van der Waals surface area (Å²) in [5.41, 5.74) is -3.14. The number of aliphatic carboxylic acids is 1. The zero-order chi connectivity index (χ0) is 17.3. The Morgan fingerprint density at radius 2 is 1.91 bits per heavy atom. The lowest BCUT2D eigenvalue weighted by Gasteiger charge is -2.45. The van der Waals surface area contributed by atoms with Crippen molar-refractivity contribution in [3.63, 3.8) is 0 Å². The molecule has 0 bridgehead atoms. The molecule has 0 amide bonds. The lowest BCUT2D eigenvalue weighted by molar-refractivity contribution is -0.131. The predicted octanol–water partition coefficient (Wildman–Crippen LogP) is 2.89. The highest BCUT2D eigenvalue weighted by molar-refractivity contribution is 5.99. The number of hydrogen-bond acceptors (Lipinski definition) is 3. The summed E-state index contributed by atoms with van der Waals surface area (Å²) >= 11 is 0. The maximum absolute atomic E-state index is 13.1. The van der Waals surface area contributed by atoms with Gasteiger partial charge in [0.05, 0.1) is 5.57 Å². The van der Waals surface area contributed by atoms with Crippen LogP contribution in [0.3, 0.4) is 0 Å². The minimum absolute atomic E-state index is 0.0943. The molecule has 1 rings (SSSR count). The maximum atomic E-state index is 13.1. The molecular formula is C16H20F2O4. The fourth-order valence-electron chi connectivity index (χ4n) is 2.68. The smallest absolute Gasteiger partial charge is 0.328 e. The lowest BCUT2D eigenvalue weighted by Crippen LogP contribution is -2.50. The van der Waals surface area contributed by atoms with Gasteiger partial charge in [0.1, 0.15) is 5.60 Å². The Labute approximate surface area is 127 Å². The Balaban J connectivity index is 3.41. The van der Waals surface area contributed by atoms with Crippen LogP contribution in [-0.4, -0.2) is 34.0 Å². The molecule has 1 aliphatic rings. The number of allylic oxidation sites excluding steroid dienone is 3. The molecular weight excluding hydrogens is 294 g/mol. The van der Waals surface area contributed by atoms with Gasteiger partial charge in [0.25, 0.3) is 6.43 Å². The van der Waals surface area contributed by atoms with E-state index < -0.39 is 34.8 Å². The predicted molar refractivity (Wildman–Crippen MR) is 77.6 cm³/mol. The summed E-state index contributed by atoms with van der Waals surface area (Å²) in [7, 11) is 0. The number of carbonyl (C=O) groups is 2. The quantitative estimate of drug-likeness (QED) is 0.618. The Morgan fingerprint density at radius 1 is 1.36 bits per heavy atom. The van der Waals surface area contributed by atoms with E-state index in [-0.39, 0.29) is 12.0 Å². The highest BCUT2D eigenvalue weighted by Gasteiger charge is 2.50. The van der Waals surface area contributed by atoms with Crippen molar-refractivity contribution in [2.24, 2.45) is 5.41 Å². The molecule has 1 unspecified atom stereocenters. The van der Waals surface area contributed by atoms with Crippen LogP contribution in [0.15, 0.2) is 34.9 Å². The molecule has 1 aliphatic carbocycles. The van der Waals surface area contributed by atoms with E-state index in [1.54, 1.807) is 13.8 Å². The summed E-state index contributed by atoms with van der Waals surface area (Å²) in [6, 6.07) is 0. The number of aliphatic hydroxyl groups is 1. The minimum atomic E-state index is -2.96. The maximum Gasteiger partial charge on any atom is 0.328 e.